The van der Waals surface area contributed by atoms with Gasteiger partial charge < -0.3 is 33.8 Å². The minimum Gasteiger partial charge on any atom is -0.462 e. The molecule has 0 aliphatic rings. The van der Waals surface area contributed by atoms with Crippen LogP contribution in [0, 0.1) is 5.92 Å². The molecule has 2 unspecified atom stereocenters. The highest BCUT2D eigenvalue weighted by Crippen LogP contribution is 2.45. The largest absolute Gasteiger partial charge is 0.472 e. The number of hydrogen-bond donors (Lipinski definition) is 3. The van der Waals surface area contributed by atoms with Gasteiger partial charge >= 0.3 is 39.5 Å². The van der Waals surface area contributed by atoms with E-state index in [1.165, 1.54) is 225 Å². The van der Waals surface area contributed by atoms with Crippen molar-refractivity contribution in [3.63, 3.8) is 0 Å². The quantitative estimate of drug-likeness (QED) is 0.0222. The molecule has 0 bridgehead atoms. The Morgan fingerprint density at radius 1 is 0.281 bits per heavy atom. The van der Waals surface area contributed by atoms with Crippen molar-refractivity contribution in [1.29, 1.82) is 0 Å². The normalized spacial score (nSPS) is 13.9. The standard InChI is InChI=1S/C77H150O17P2/c1-6-9-12-15-18-21-23-24-25-26-27-28-29-32-36-39-43-48-53-58-63-77(82)94-73(67-88-75(80)61-56-51-46-42-38-35-33-30-31-34-37-40-44-49-54-59-70(4)5)69-92-96(85,86)90-65-71(78)64-89-95(83,84)91-68-72(66-87-74(79)60-55-50-45-20-17-14-11-8-3)93-76(81)62-57-52-47-41-22-19-16-13-10-7-2/h70-73,78H,6-69H2,1-5H3,(H,83,84)(H,85,86)/t71-,72+,73+/m0/s1. The molecule has 0 saturated carbocycles. The summed E-state index contributed by atoms with van der Waals surface area (Å²) in [6.07, 6.45) is 59.8. The lowest BCUT2D eigenvalue weighted by molar-refractivity contribution is -0.161. The van der Waals surface area contributed by atoms with Gasteiger partial charge in [-0.1, -0.05) is 356 Å². The third-order valence-corrected chi connectivity index (χ3v) is 19.9. The van der Waals surface area contributed by atoms with E-state index in [4.69, 9.17) is 37.0 Å². The van der Waals surface area contributed by atoms with Crippen LogP contribution >= 0.6 is 15.6 Å². The Balaban J connectivity index is 5.17. The summed E-state index contributed by atoms with van der Waals surface area (Å²) in [4.78, 5) is 72.7. The molecule has 0 spiro atoms. The Labute approximate surface area is 588 Å². The summed E-state index contributed by atoms with van der Waals surface area (Å²) in [7, 11) is -9.90. The van der Waals surface area contributed by atoms with E-state index < -0.39 is 97.5 Å². The average Bonchev–Trinajstić information content (AvgIpc) is 3.26. The number of hydrogen-bond acceptors (Lipinski definition) is 15. The van der Waals surface area contributed by atoms with E-state index in [9.17, 15) is 43.2 Å². The molecular weight excluding hydrogens is 1260 g/mol. The lowest BCUT2D eigenvalue weighted by Crippen LogP contribution is -2.30. The highest BCUT2D eigenvalue weighted by atomic mass is 31.2. The first-order chi connectivity index (χ1) is 46.5. The molecule has 0 aromatic rings. The van der Waals surface area contributed by atoms with Crippen molar-refractivity contribution < 1.29 is 80.2 Å². The van der Waals surface area contributed by atoms with Gasteiger partial charge in [-0.3, -0.25) is 37.3 Å². The Kier molecular flexibility index (Phi) is 68.7. The minimum atomic E-state index is -4.96. The molecule has 0 saturated heterocycles. The Bertz CT molecular complexity index is 1840. The van der Waals surface area contributed by atoms with Gasteiger partial charge in [0, 0.05) is 25.7 Å². The van der Waals surface area contributed by atoms with Crippen molar-refractivity contribution in [2.24, 2.45) is 5.92 Å². The minimum absolute atomic E-state index is 0.107. The second-order valence-corrected chi connectivity index (χ2v) is 31.1. The zero-order chi connectivity index (χ0) is 70.5. The number of phosphoric acid groups is 2. The summed E-state index contributed by atoms with van der Waals surface area (Å²) in [5.74, 6) is -1.31. The third kappa shape index (κ3) is 70.5. The van der Waals surface area contributed by atoms with E-state index in [0.717, 1.165) is 102 Å². The van der Waals surface area contributed by atoms with Crippen molar-refractivity contribution in [1.82, 2.24) is 0 Å². The number of carbonyl (C=O) groups is 4. The highest BCUT2D eigenvalue weighted by Gasteiger charge is 2.30. The van der Waals surface area contributed by atoms with Gasteiger partial charge in [0.05, 0.1) is 26.4 Å². The summed E-state index contributed by atoms with van der Waals surface area (Å²) in [6, 6.07) is 0. The summed E-state index contributed by atoms with van der Waals surface area (Å²) < 4.78 is 68.4. The van der Waals surface area contributed by atoms with Gasteiger partial charge in [-0.2, -0.15) is 0 Å². The van der Waals surface area contributed by atoms with Crippen LogP contribution in [0.5, 0.6) is 0 Å². The molecule has 17 nitrogen and oxygen atoms in total. The molecule has 0 aliphatic heterocycles. The average molecular weight is 1410 g/mol. The summed E-state index contributed by atoms with van der Waals surface area (Å²) in [5.41, 5.74) is 0. The Hall–Kier alpha value is -1.94. The fourth-order valence-corrected chi connectivity index (χ4v) is 13.5. The van der Waals surface area contributed by atoms with E-state index in [2.05, 4.69) is 34.6 Å². The number of ether oxygens (including phenoxy) is 4. The fraction of sp³-hybridized carbons (Fsp3) is 0.948. The predicted octanol–water partition coefficient (Wildman–Crippen LogP) is 22.9. The molecule has 0 rings (SSSR count). The topological polar surface area (TPSA) is 237 Å². The number of rotatable bonds is 77. The van der Waals surface area contributed by atoms with Gasteiger partial charge in [0.15, 0.2) is 12.2 Å². The van der Waals surface area contributed by atoms with Crippen molar-refractivity contribution in [2.45, 2.75) is 425 Å². The number of phosphoric ester groups is 2. The van der Waals surface area contributed by atoms with Crippen LogP contribution in [0.4, 0.5) is 0 Å². The molecular formula is C77H150O17P2. The molecule has 5 atom stereocenters. The molecule has 570 valence electrons. The van der Waals surface area contributed by atoms with Crippen molar-refractivity contribution in [3.05, 3.63) is 0 Å². The molecule has 0 amide bonds. The first-order valence-corrected chi connectivity index (χ1v) is 43.1. The molecule has 0 aromatic heterocycles. The molecule has 0 fully saturated rings. The zero-order valence-corrected chi connectivity index (χ0v) is 64.3. The van der Waals surface area contributed by atoms with Gasteiger partial charge in [0.25, 0.3) is 0 Å². The number of esters is 4. The first-order valence-electron chi connectivity index (χ1n) is 40.1. The van der Waals surface area contributed by atoms with Gasteiger partial charge in [-0.15, -0.1) is 0 Å². The van der Waals surface area contributed by atoms with Crippen LogP contribution in [0.3, 0.4) is 0 Å². The van der Waals surface area contributed by atoms with E-state index in [1.807, 2.05) is 0 Å². The van der Waals surface area contributed by atoms with Crippen molar-refractivity contribution in [2.75, 3.05) is 39.6 Å². The molecule has 0 radical (unpaired) electrons. The number of aliphatic hydroxyl groups is 1. The van der Waals surface area contributed by atoms with Crippen LogP contribution in [0.25, 0.3) is 0 Å². The molecule has 3 N–H and O–H groups in total. The lowest BCUT2D eigenvalue weighted by Gasteiger charge is -2.21. The molecule has 0 heterocycles. The van der Waals surface area contributed by atoms with E-state index in [0.29, 0.717) is 25.7 Å². The number of aliphatic hydroxyl groups excluding tert-OH is 1. The smallest absolute Gasteiger partial charge is 0.462 e. The van der Waals surface area contributed by atoms with Gasteiger partial charge in [-0.25, -0.2) is 9.13 Å². The zero-order valence-electron chi connectivity index (χ0n) is 62.5. The Morgan fingerprint density at radius 3 is 0.708 bits per heavy atom. The van der Waals surface area contributed by atoms with Crippen LogP contribution in [-0.2, 0) is 65.4 Å². The lowest BCUT2D eigenvalue weighted by atomic mass is 10.0. The SMILES string of the molecule is CCCCCCCCCCCCCCCCCCCCCCC(=O)O[C@H](COC(=O)CCCCCCCCCCCCCCCCCC(C)C)COP(=O)(O)OC[C@@H](O)COP(=O)(O)OC[C@@H](COC(=O)CCCCCCCCCC)OC(=O)CCCCCCCCCCCC. The van der Waals surface area contributed by atoms with E-state index >= 15 is 0 Å². The summed E-state index contributed by atoms with van der Waals surface area (Å²) >= 11 is 0. The van der Waals surface area contributed by atoms with E-state index in [1.54, 1.807) is 0 Å². The molecule has 19 heteroatoms. The van der Waals surface area contributed by atoms with Gasteiger partial charge in [0.1, 0.15) is 19.3 Å². The second-order valence-electron chi connectivity index (χ2n) is 28.2. The van der Waals surface area contributed by atoms with Crippen LogP contribution in [0.2, 0.25) is 0 Å². The van der Waals surface area contributed by atoms with Crippen molar-refractivity contribution >= 4 is 39.5 Å². The van der Waals surface area contributed by atoms with Gasteiger partial charge in [0.2, 0.25) is 0 Å². The van der Waals surface area contributed by atoms with Crippen LogP contribution in [0.1, 0.15) is 407 Å². The summed E-state index contributed by atoms with van der Waals surface area (Å²) in [5, 5.41) is 10.6. The third-order valence-electron chi connectivity index (χ3n) is 18.0. The van der Waals surface area contributed by atoms with Crippen LogP contribution in [-0.4, -0.2) is 96.7 Å². The first kappa shape index (κ1) is 94.1. The maximum absolute atomic E-state index is 13.1. The molecule has 0 aliphatic carbocycles. The van der Waals surface area contributed by atoms with Crippen LogP contribution < -0.4 is 0 Å². The Morgan fingerprint density at radius 2 is 0.479 bits per heavy atom. The van der Waals surface area contributed by atoms with Gasteiger partial charge in [-0.05, 0) is 31.6 Å². The highest BCUT2D eigenvalue weighted by molar-refractivity contribution is 7.47. The fourth-order valence-electron chi connectivity index (χ4n) is 11.9. The number of unbranched alkanes of at least 4 members (excludes halogenated alkanes) is 49. The molecule has 96 heavy (non-hydrogen) atoms. The maximum atomic E-state index is 13.1. The molecule has 0 aromatic carbocycles. The van der Waals surface area contributed by atoms with Crippen LogP contribution in [0.15, 0.2) is 0 Å². The number of carbonyl (C=O) groups excluding carboxylic acids is 4. The monoisotopic (exact) mass is 1410 g/mol. The van der Waals surface area contributed by atoms with E-state index in [-0.39, 0.29) is 25.7 Å². The second kappa shape index (κ2) is 70.1. The van der Waals surface area contributed by atoms with Crippen molar-refractivity contribution in [3.8, 4) is 0 Å². The maximum Gasteiger partial charge on any atom is 0.472 e. The summed E-state index contributed by atoms with van der Waals surface area (Å²) in [6.45, 7) is 7.29. The predicted molar refractivity (Wildman–Crippen MR) is 391 cm³/mol.